The van der Waals surface area contributed by atoms with Gasteiger partial charge in [-0.25, -0.2) is 4.39 Å². The molecule has 29 heavy (non-hydrogen) atoms. The maximum atomic E-state index is 13.1. The molecule has 0 bridgehead atoms. The summed E-state index contributed by atoms with van der Waals surface area (Å²) >= 11 is 0. The van der Waals surface area contributed by atoms with E-state index in [0.717, 1.165) is 5.56 Å². The van der Waals surface area contributed by atoms with Crippen LogP contribution in [-0.2, 0) is 16.1 Å². The molecule has 1 heterocycles. The van der Waals surface area contributed by atoms with Gasteiger partial charge < -0.3 is 20.7 Å². The number of morpholine rings is 1. The molecule has 1 saturated heterocycles. The second kappa shape index (κ2) is 9.62. The Kier molecular flexibility index (Phi) is 6.95. The summed E-state index contributed by atoms with van der Waals surface area (Å²) in [7, 11) is 0. The number of amides is 2. The van der Waals surface area contributed by atoms with Gasteiger partial charge in [0, 0.05) is 31.7 Å². The molecule has 6 nitrogen and oxygen atoms in total. The Balaban J connectivity index is 1.63. The molecule has 3 N–H and O–H groups in total. The fourth-order valence-electron chi connectivity index (χ4n) is 3.40. The van der Waals surface area contributed by atoms with Gasteiger partial charge in [0.15, 0.2) is 0 Å². The van der Waals surface area contributed by atoms with Gasteiger partial charge in [-0.05, 0) is 42.3 Å². The van der Waals surface area contributed by atoms with Crippen molar-refractivity contribution >= 4 is 11.8 Å². The monoisotopic (exact) mass is 399 g/mol. The zero-order chi connectivity index (χ0) is 20.8. The fourth-order valence-corrected chi connectivity index (χ4v) is 3.40. The molecule has 2 atom stereocenters. The number of nitrogens with one attached hydrogen (secondary N) is 1. The summed E-state index contributed by atoms with van der Waals surface area (Å²) in [5, 5.41) is 2.86. The Bertz CT molecular complexity index is 857. The van der Waals surface area contributed by atoms with E-state index in [4.69, 9.17) is 10.5 Å². The van der Waals surface area contributed by atoms with E-state index in [1.54, 1.807) is 35.2 Å². The lowest BCUT2D eigenvalue weighted by atomic mass is 9.98. The number of nitrogens with two attached hydrogens (primary N) is 1. The van der Waals surface area contributed by atoms with Crippen molar-refractivity contribution in [1.29, 1.82) is 0 Å². The molecule has 0 saturated carbocycles. The van der Waals surface area contributed by atoms with Gasteiger partial charge in [0.2, 0.25) is 5.91 Å². The van der Waals surface area contributed by atoms with Crippen LogP contribution in [0.25, 0.3) is 0 Å². The lowest BCUT2D eigenvalue weighted by Crippen LogP contribution is -2.44. The average Bonchev–Trinajstić information content (AvgIpc) is 2.74. The van der Waals surface area contributed by atoms with Crippen molar-refractivity contribution in [2.24, 2.45) is 5.73 Å². The van der Waals surface area contributed by atoms with Crippen molar-refractivity contribution in [1.82, 2.24) is 10.2 Å². The van der Waals surface area contributed by atoms with E-state index in [1.165, 1.54) is 12.1 Å². The molecule has 2 amide bonds. The van der Waals surface area contributed by atoms with Crippen molar-refractivity contribution < 1.29 is 18.7 Å². The van der Waals surface area contributed by atoms with Crippen molar-refractivity contribution in [3.8, 4) is 0 Å². The number of benzene rings is 2. The number of hydrogen-bond donors (Lipinski definition) is 2. The quantitative estimate of drug-likeness (QED) is 0.779. The van der Waals surface area contributed by atoms with Crippen LogP contribution in [0, 0.1) is 5.82 Å². The highest BCUT2D eigenvalue weighted by atomic mass is 19.1. The first-order valence-corrected chi connectivity index (χ1v) is 9.71. The van der Waals surface area contributed by atoms with E-state index in [0.29, 0.717) is 30.8 Å². The maximum Gasteiger partial charge on any atom is 0.254 e. The zero-order valence-corrected chi connectivity index (χ0v) is 16.4. The van der Waals surface area contributed by atoms with Crippen molar-refractivity contribution in [3.63, 3.8) is 0 Å². The molecule has 1 aliphatic heterocycles. The van der Waals surface area contributed by atoms with Crippen LogP contribution in [0.2, 0.25) is 0 Å². The van der Waals surface area contributed by atoms with Crippen LogP contribution in [0.3, 0.4) is 0 Å². The number of ether oxygens (including phenoxy) is 1. The molecular formula is C22H26FN3O3. The Labute approximate surface area is 169 Å². The van der Waals surface area contributed by atoms with E-state index in [2.05, 4.69) is 5.32 Å². The number of halogens is 1. The minimum atomic E-state index is -0.560. The molecule has 7 heteroatoms. The molecule has 2 aromatic carbocycles. The predicted octanol–water partition coefficient (Wildman–Crippen LogP) is 2.05. The van der Waals surface area contributed by atoms with Crippen LogP contribution in [0.5, 0.6) is 0 Å². The molecule has 0 spiro atoms. The summed E-state index contributed by atoms with van der Waals surface area (Å²) in [6, 6.07) is 13.0. The van der Waals surface area contributed by atoms with E-state index in [9.17, 15) is 14.0 Å². The van der Waals surface area contributed by atoms with E-state index in [1.807, 2.05) is 13.0 Å². The summed E-state index contributed by atoms with van der Waals surface area (Å²) in [5.74, 6) is -1.20. The van der Waals surface area contributed by atoms with Gasteiger partial charge in [-0.2, -0.15) is 0 Å². The summed E-state index contributed by atoms with van der Waals surface area (Å²) < 4.78 is 18.6. The van der Waals surface area contributed by atoms with Crippen molar-refractivity contribution in [2.45, 2.75) is 25.5 Å². The highest BCUT2D eigenvalue weighted by molar-refractivity contribution is 5.94. The number of carbonyl (C=O) groups is 2. The van der Waals surface area contributed by atoms with Gasteiger partial charge >= 0.3 is 0 Å². The molecule has 2 unspecified atom stereocenters. The number of nitrogens with zero attached hydrogens (tertiary/aromatic N) is 1. The second-order valence-electron chi connectivity index (χ2n) is 7.19. The normalized spacial score (nSPS) is 17.6. The molecule has 0 radical (unpaired) electrons. The highest BCUT2D eigenvalue weighted by Gasteiger charge is 2.23. The van der Waals surface area contributed by atoms with Crippen molar-refractivity contribution in [2.75, 3.05) is 26.2 Å². The molecule has 2 aromatic rings. The third-order valence-electron chi connectivity index (χ3n) is 4.99. The molecule has 154 valence electrons. The summed E-state index contributed by atoms with van der Waals surface area (Å²) in [6.07, 6.45) is 0.0230. The van der Waals surface area contributed by atoms with E-state index < -0.39 is 5.92 Å². The average molecular weight is 399 g/mol. The van der Waals surface area contributed by atoms with Crippen molar-refractivity contribution in [3.05, 3.63) is 71.0 Å². The van der Waals surface area contributed by atoms with Gasteiger partial charge in [-0.3, -0.25) is 9.59 Å². The van der Waals surface area contributed by atoms with Gasteiger partial charge in [-0.15, -0.1) is 0 Å². The molecule has 3 rings (SSSR count). The Morgan fingerprint density at radius 3 is 2.72 bits per heavy atom. The third kappa shape index (κ3) is 5.40. The number of carbonyl (C=O) groups excluding carboxylic acids is 2. The second-order valence-corrected chi connectivity index (χ2v) is 7.19. The summed E-state index contributed by atoms with van der Waals surface area (Å²) in [4.78, 5) is 27.1. The first-order chi connectivity index (χ1) is 14.0. The first-order valence-electron chi connectivity index (χ1n) is 9.71. The lowest BCUT2D eigenvalue weighted by Gasteiger charge is -2.31. The third-order valence-corrected chi connectivity index (χ3v) is 4.99. The van der Waals surface area contributed by atoms with E-state index >= 15 is 0 Å². The highest BCUT2D eigenvalue weighted by Crippen LogP contribution is 2.16. The SMILES string of the molecule is CC1CN(C(=O)c2cccc(CNC(=O)C(CN)c3ccc(F)cc3)c2)CCO1. The van der Waals surface area contributed by atoms with Crippen LogP contribution < -0.4 is 11.1 Å². The topological polar surface area (TPSA) is 84.7 Å². The fraction of sp³-hybridized carbons (Fsp3) is 0.364. The van der Waals surface area contributed by atoms with Gasteiger partial charge in [-0.1, -0.05) is 24.3 Å². The molecule has 1 fully saturated rings. The molecule has 1 aliphatic rings. The molecule has 0 aliphatic carbocycles. The summed E-state index contributed by atoms with van der Waals surface area (Å²) in [5.41, 5.74) is 7.82. The van der Waals surface area contributed by atoms with Gasteiger partial charge in [0.25, 0.3) is 5.91 Å². The minimum Gasteiger partial charge on any atom is -0.375 e. The lowest BCUT2D eigenvalue weighted by molar-refractivity contribution is -0.122. The van der Waals surface area contributed by atoms with Gasteiger partial charge in [0.05, 0.1) is 18.6 Å². The number of hydrogen-bond acceptors (Lipinski definition) is 4. The van der Waals surface area contributed by atoms with Gasteiger partial charge in [0.1, 0.15) is 5.82 Å². The first kappa shape index (κ1) is 21.0. The summed E-state index contributed by atoms with van der Waals surface area (Å²) in [6.45, 7) is 4.00. The van der Waals surface area contributed by atoms with Crippen LogP contribution in [0.1, 0.15) is 34.3 Å². The largest absolute Gasteiger partial charge is 0.375 e. The Hall–Kier alpha value is -2.77. The van der Waals surface area contributed by atoms with Crippen LogP contribution in [0.4, 0.5) is 4.39 Å². The molecular weight excluding hydrogens is 373 g/mol. The Morgan fingerprint density at radius 2 is 2.03 bits per heavy atom. The number of rotatable bonds is 6. The van der Waals surface area contributed by atoms with Crippen LogP contribution >= 0.6 is 0 Å². The van der Waals surface area contributed by atoms with Crippen LogP contribution in [0.15, 0.2) is 48.5 Å². The maximum absolute atomic E-state index is 13.1. The standard InChI is InChI=1S/C22H26FN3O3/c1-15-14-26(9-10-29-15)22(28)18-4-2-3-16(11-18)13-25-21(27)20(12-24)17-5-7-19(23)8-6-17/h2-8,11,15,20H,9-10,12-14,24H2,1H3,(H,25,27). The predicted molar refractivity (Wildman–Crippen MR) is 108 cm³/mol. The minimum absolute atomic E-state index is 0.0230. The Morgan fingerprint density at radius 1 is 1.28 bits per heavy atom. The smallest absolute Gasteiger partial charge is 0.254 e. The zero-order valence-electron chi connectivity index (χ0n) is 16.4. The van der Waals surface area contributed by atoms with E-state index in [-0.39, 0.29) is 36.8 Å². The molecule has 0 aromatic heterocycles. The van der Waals surface area contributed by atoms with Crippen LogP contribution in [-0.4, -0.2) is 49.1 Å².